The molecule has 0 bridgehead atoms. The van der Waals surface area contributed by atoms with E-state index in [1.54, 1.807) is 6.20 Å². The summed E-state index contributed by atoms with van der Waals surface area (Å²) in [7, 11) is 0. The minimum Gasteiger partial charge on any atom is -0.381 e. The van der Waals surface area contributed by atoms with Gasteiger partial charge >= 0.3 is 0 Å². The van der Waals surface area contributed by atoms with E-state index in [2.05, 4.69) is 25.2 Å². The van der Waals surface area contributed by atoms with Crippen LogP contribution < -0.4 is 5.32 Å². The van der Waals surface area contributed by atoms with Crippen molar-refractivity contribution < 1.29 is 9.53 Å². The smallest absolute Gasteiger partial charge is 0.253 e. The van der Waals surface area contributed by atoms with Crippen molar-refractivity contribution in [2.45, 2.75) is 51.1 Å². The molecule has 7 heteroatoms. The molecule has 28 heavy (non-hydrogen) atoms. The molecule has 3 aromatic heterocycles. The molecular weight excluding hydrogens is 372 g/mol. The number of thiophene rings is 1. The van der Waals surface area contributed by atoms with E-state index in [1.807, 2.05) is 23.7 Å². The summed E-state index contributed by atoms with van der Waals surface area (Å²) in [5.41, 5.74) is 4.91. The Labute approximate surface area is 167 Å². The van der Waals surface area contributed by atoms with Gasteiger partial charge in [0.25, 0.3) is 5.91 Å². The molecule has 0 spiro atoms. The maximum absolute atomic E-state index is 12.7. The summed E-state index contributed by atoms with van der Waals surface area (Å²) in [5.74, 6) is -0.0919. The molecule has 1 aliphatic heterocycles. The minimum atomic E-state index is -0.0919. The van der Waals surface area contributed by atoms with E-state index >= 15 is 0 Å². The van der Waals surface area contributed by atoms with Crippen LogP contribution >= 0.6 is 11.3 Å². The Balaban J connectivity index is 1.30. The Morgan fingerprint density at radius 1 is 1.25 bits per heavy atom. The first-order chi connectivity index (χ1) is 13.8. The van der Waals surface area contributed by atoms with E-state index in [0.29, 0.717) is 18.2 Å². The van der Waals surface area contributed by atoms with E-state index in [0.717, 1.165) is 43.6 Å². The molecule has 0 atom stereocenters. The number of hydrogen-bond donors (Lipinski definition) is 1. The number of nitrogens with one attached hydrogen (secondary N) is 1. The zero-order valence-electron chi connectivity index (χ0n) is 15.8. The number of nitrogens with zero attached hydrogens (tertiary/aromatic N) is 3. The highest BCUT2D eigenvalue weighted by molar-refractivity contribution is 7.10. The summed E-state index contributed by atoms with van der Waals surface area (Å²) in [6, 6.07) is 2.21. The minimum absolute atomic E-state index is 0.0919. The van der Waals surface area contributed by atoms with Gasteiger partial charge in [0, 0.05) is 36.9 Å². The third-order valence-corrected chi connectivity index (χ3v) is 6.98. The number of fused-ring (bicyclic) bond motifs is 2. The normalized spacial score (nSPS) is 17.6. The van der Waals surface area contributed by atoms with Crippen molar-refractivity contribution in [1.82, 2.24) is 19.9 Å². The quantitative estimate of drug-likeness (QED) is 0.731. The first-order valence-electron chi connectivity index (χ1n) is 10.1. The molecule has 0 saturated carbocycles. The van der Waals surface area contributed by atoms with E-state index in [-0.39, 0.29) is 5.91 Å². The van der Waals surface area contributed by atoms with Gasteiger partial charge in [-0.1, -0.05) is 0 Å². The molecule has 4 heterocycles. The van der Waals surface area contributed by atoms with Crippen LogP contribution in [0.1, 0.15) is 58.1 Å². The zero-order chi connectivity index (χ0) is 18.9. The van der Waals surface area contributed by atoms with Crippen molar-refractivity contribution in [1.29, 1.82) is 0 Å². The Kier molecular flexibility index (Phi) is 4.86. The number of carbonyl (C=O) groups is 1. The molecule has 1 saturated heterocycles. The maximum Gasteiger partial charge on any atom is 0.253 e. The van der Waals surface area contributed by atoms with Gasteiger partial charge in [0.1, 0.15) is 5.52 Å². The van der Waals surface area contributed by atoms with Gasteiger partial charge in [-0.25, -0.2) is 9.97 Å². The topological polar surface area (TPSA) is 69.0 Å². The van der Waals surface area contributed by atoms with Crippen molar-refractivity contribution in [3.05, 3.63) is 45.5 Å². The van der Waals surface area contributed by atoms with Crippen LogP contribution in [0.25, 0.3) is 11.2 Å². The lowest BCUT2D eigenvalue weighted by atomic mass is 9.96. The van der Waals surface area contributed by atoms with Crippen LogP contribution in [0.4, 0.5) is 0 Å². The Hall–Kier alpha value is -2.25. The lowest BCUT2D eigenvalue weighted by Gasteiger charge is -2.23. The average molecular weight is 397 g/mol. The van der Waals surface area contributed by atoms with E-state index < -0.39 is 0 Å². The fraction of sp³-hybridized carbons (Fsp3) is 0.476. The number of imidazole rings is 1. The summed E-state index contributed by atoms with van der Waals surface area (Å²) >= 11 is 1.83. The number of rotatable bonds is 4. The Morgan fingerprint density at radius 2 is 2.11 bits per heavy atom. The second-order valence-electron chi connectivity index (χ2n) is 7.61. The van der Waals surface area contributed by atoms with Crippen molar-refractivity contribution in [3.8, 4) is 0 Å². The van der Waals surface area contributed by atoms with Crippen LogP contribution in [0.5, 0.6) is 0 Å². The lowest BCUT2D eigenvalue weighted by Crippen LogP contribution is -2.23. The number of carbonyl (C=O) groups excluding carboxylic acids is 1. The van der Waals surface area contributed by atoms with Gasteiger partial charge in [-0.3, -0.25) is 4.79 Å². The Morgan fingerprint density at radius 3 is 3.00 bits per heavy atom. The highest BCUT2D eigenvalue weighted by Crippen LogP contribution is 2.30. The summed E-state index contributed by atoms with van der Waals surface area (Å²) in [6.45, 7) is 2.13. The van der Waals surface area contributed by atoms with Crippen LogP contribution in [0.3, 0.4) is 0 Å². The van der Waals surface area contributed by atoms with Crippen LogP contribution in [-0.2, 0) is 24.1 Å². The highest BCUT2D eigenvalue weighted by atomic mass is 32.1. The first kappa shape index (κ1) is 17.8. The number of pyridine rings is 1. The van der Waals surface area contributed by atoms with E-state index in [4.69, 9.17) is 4.74 Å². The predicted molar refractivity (Wildman–Crippen MR) is 109 cm³/mol. The fourth-order valence-electron chi connectivity index (χ4n) is 4.26. The lowest BCUT2D eigenvalue weighted by molar-refractivity contribution is 0.0704. The molecule has 0 unspecified atom stereocenters. The number of aromatic nitrogens is 3. The number of hydrogen-bond acceptors (Lipinski definition) is 5. The van der Waals surface area contributed by atoms with Gasteiger partial charge in [0.2, 0.25) is 0 Å². The summed E-state index contributed by atoms with van der Waals surface area (Å²) in [4.78, 5) is 23.2. The SMILES string of the molecule is O=C(NCc1csc2c1CCCC2)c1cnc2c(c1)ncn2C1CCOCC1. The second kappa shape index (κ2) is 7.64. The van der Waals surface area contributed by atoms with Gasteiger partial charge in [0.15, 0.2) is 5.65 Å². The molecule has 3 aromatic rings. The van der Waals surface area contributed by atoms with Gasteiger partial charge in [0.05, 0.1) is 11.9 Å². The summed E-state index contributed by atoms with van der Waals surface area (Å²) in [5, 5.41) is 5.26. The van der Waals surface area contributed by atoms with Gasteiger partial charge in [-0.15, -0.1) is 11.3 Å². The number of aryl methyl sites for hydroxylation is 1. The zero-order valence-corrected chi connectivity index (χ0v) is 16.6. The highest BCUT2D eigenvalue weighted by Gasteiger charge is 2.20. The third-order valence-electron chi connectivity index (χ3n) is 5.85. The summed E-state index contributed by atoms with van der Waals surface area (Å²) < 4.78 is 7.57. The van der Waals surface area contributed by atoms with Crippen LogP contribution in [0, 0.1) is 0 Å². The molecule has 2 aliphatic rings. The maximum atomic E-state index is 12.7. The third kappa shape index (κ3) is 3.33. The van der Waals surface area contributed by atoms with Crippen LogP contribution in [-0.4, -0.2) is 33.7 Å². The second-order valence-corrected chi connectivity index (χ2v) is 8.58. The van der Waals surface area contributed by atoms with Crippen molar-refractivity contribution in [3.63, 3.8) is 0 Å². The molecular formula is C21H24N4O2S. The van der Waals surface area contributed by atoms with Gasteiger partial charge in [-0.2, -0.15) is 0 Å². The average Bonchev–Trinajstić information content (AvgIpc) is 3.36. The molecule has 0 aromatic carbocycles. The molecule has 0 radical (unpaired) electrons. The van der Waals surface area contributed by atoms with Gasteiger partial charge in [-0.05, 0) is 61.1 Å². The van der Waals surface area contributed by atoms with Gasteiger partial charge < -0.3 is 14.6 Å². The molecule has 146 valence electrons. The monoisotopic (exact) mass is 396 g/mol. The molecule has 5 rings (SSSR count). The fourth-order valence-corrected chi connectivity index (χ4v) is 5.41. The van der Waals surface area contributed by atoms with E-state index in [9.17, 15) is 4.79 Å². The predicted octanol–water partition coefficient (Wildman–Crippen LogP) is 3.65. The molecule has 1 fully saturated rings. The molecule has 1 N–H and O–H groups in total. The largest absolute Gasteiger partial charge is 0.381 e. The van der Waals surface area contributed by atoms with Crippen LogP contribution in [0.15, 0.2) is 24.0 Å². The Bertz CT molecular complexity index is 1000. The number of ether oxygens (including phenoxy) is 1. The van der Waals surface area contributed by atoms with Crippen LogP contribution in [0.2, 0.25) is 0 Å². The molecule has 1 aliphatic carbocycles. The first-order valence-corrected chi connectivity index (χ1v) is 10.9. The molecule has 6 nitrogen and oxygen atoms in total. The van der Waals surface area contributed by atoms with Crippen molar-refractivity contribution in [2.75, 3.05) is 13.2 Å². The van der Waals surface area contributed by atoms with Crippen molar-refractivity contribution in [2.24, 2.45) is 0 Å². The number of amides is 1. The standard InChI is InChI=1S/C21H24N4O2S/c26-21(23-11-15-12-28-19-4-2-1-3-17(15)19)14-9-18-20(22-10-14)25(13-24-18)16-5-7-27-8-6-16/h9-10,12-13,16H,1-8,11H2,(H,23,26). The summed E-state index contributed by atoms with van der Waals surface area (Å²) in [6.07, 6.45) is 10.3. The molecule has 1 amide bonds. The van der Waals surface area contributed by atoms with E-state index in [1.165, 1.54) is 35.3 Å². The van der Waals surface area contributed by atoms with Crippen molar-refractivity contribution >= 4 is 28.4 Å².